The summed E-state index contributed by atoms with van der Waals surface area (Å²) in [7, 11) is 3.38. The van der Waals surface area contributed by atoms with Crippen molar-refractivity contribution in [1.82, 2.24) is 4.90 Å². The Morgan fingerprint density at radius 2 is 1.76 bits per heavy atom. The number of hydrogen-bond acceptors (Lipinski definition) is 4. The first-order chi connectivity index (χ1) is 9.97. The highest BCUT2D eigenvalue weighted by atomic mass is 16.5. The summed E-state index contributed by atoms with van der Waals surface area (Å²) in [4.78, 5) is 14.9. The SMILES string of the molecule is COC1CN(C(C)C(=O)c2cc(C)ccc2C)CC1OC. The average Bonchev–Trinajstić information content (AvgIpc) is 2.91. The molecule has 1 saturated heterocycles. The molecular weight excluding hydrogens is 266 g/mol. The minimum absolute atomic E-state index is 0.0313. The fraction of sp³-hybridized carbons (Fsp3) is 0.588. The van der Waals surface area contributed by atoms with Crippen LogP contribution in [-0.4, -0.2) is 56.2 Å². The van der Waals surface area contributed by atoms with Gasteiger partial charge in [0, 0.05) is 32.9 Å². The van der Waals surface area contributed by atoms with Crippen LogP contribution in [0.4, 0.5) is 0 Å². The third-order valence-corrected chi connectivity index (χ3v) is 4.43. The number of carbonyl (C=O) groups is 1. The lowest BCUT2D eigenvalue weighted by atomic mass is 9.98. The molecule has 0 bridgehead atoms. The van der Waals surface area contributed by atoms with Gasteiger partial charge in [0.2, 0.25) is 0 Å². The number of Topliss-reactive ketones (excluding diaryl/α,β-unsaturated/α-hetero) is 1. The van der Waals surface area contributed by atoms with Crippen LogP contribution in [0.15, 0.2) is 18.2 Å². The first-order valence-electron chi connectivity index (χ1n) is 7.39. The van der Waals surface area contributed by atoms with Crippen LogP contribution in [0.1, 0.15) is 28.4 Å². The zero-order valence-corrected chi connectivity index (χ0v) is 13.6. The van der Waals surface area contributed by atoms with Crippen molar-refractivity contribution >= 4 is 5.78 Å². The molecule has 0 aromatic heterocycles. The van der Waals surface area contributed by atoms with Gasteiger partial charge < -0.3 is 9.47 Å². The summed E-state index contributed by atoms with van der Waals surface area (Å²) in [6, 6.07) is 5.86. The van der Waals surface area contributed by atoms with Crippen LogP contribution >= 0.6 is 0 Å². The molecule has 0 spiro atoms. The maximum absolute atomic E-state index is 12.8. The molecule has 116 valence electrons. The fourth-order valence-corrected chi connectivity index (χ4v) is 2.93. The third-order valence-electron chi connectivity index (χ3n) is 4.43. The Labute approximate surface area is 127 Å². The van der Waals surface area contributed by atoms with Crippen molar-refractivity contribution in [2.45, 2.75) is 39.0 Å². The van der Waals surface area contributed by atoms with Gasteiger partial charge in [-0.15, -0.1) is 0 Å². The van der Waals surface area contributed by atoms with Crippen molar-refractivity contribution in [1.29, 1.82) is 0 Å². The van der Waals surface area contributed by atoms with Crippen LogP contribution in [0.2, 0.25) is 0 Å². The number of hydrogen-bond donors (Lipinski definition) is 0. The van der Waals surface area contributed by atoms with Gasteiger partial charge in [-0.05, 0) is 32.4 Å². The number of methoxy groups -OCH3 is 2. The molecular formula is C17H25NO3. The summed E-state index contributed by atoms with van der Waals surface area (Å²) in [5.74, 6) is 0.169. The summed E-state index contributed by atoms with van der Waals surface area (Å²) in [6.45, 7) is 7.42. The minimum atomic E-state index is -0.164. The number of aryl methyl sites for hydroxylation is 2. The maximum atomic E-state index is 12.8. The molecule has 21 heavy (non-hydrogen) atoms. The Morgan fingerprint density at radius 1 is 1.19 bits per heavy atom. The molecule has 0 N–H and O–H groups in total. The number of ketones is 1. The van der Waals surface area contributed by atoms with E-state index in [1.807, 2.05) is 39.0 Å². The van der Waals surface area contributed by atoms with Crippen LogP contribution in [0, 0.1) is 13.8 Å². The molecule has 4 heteroatoms. The second-order valence-electron chi connectivity index (χ2n) is 5.86. The molecule has 4 nitrogen and oxygen atoms in total. The van der Waals surface area contributed by atoms with Crippen molar-refractivity contribution in [2.75, 3.05) is 27.3 Å². The molecule has 0 aliphatic carbocycles. The molecule has 0 radical (unpaired) electrons. The van der Waals surface area contributed by atoms with Gasteiger partial charge >= 0.3 is 0 Å². The Balaban J connectivity index is 2.15. The first kappa shape index (κ1) is 16.1. The van der Waals surface area contributed by atoms with Gasteiger partial charge in [0.15, 0.2) is 5.78 Å². The van der Waals surface area contributed by atoms with E-state index >= 15 is 0 Å². The number of carbonyl (C=O) groups excluding carboxylic acids is 1. The topological polar surface area (TPSA) is 38.8 Å². The fourth-order valence-electron chi connectivity index (χ4n) is 2.93. The Bertz CT molecular complexity index is 503. The van der Waals surface area contributed by atoms with Gasteiger partial charge in [-0.25, -0.2) is 0 Å². The minimum Gasteiger partial charge on any atom is -0.377 e. The largest absolute Gasteiger partial charge is 0.377 e. The molecule has 2 rings (SSSR count). The molecule has 1 aromatic rings. The van der Waals surface area contributed by atoms with Gasteiger partial charge in [0.1, 0.15) is 0 Å². The number of nitrogens with zero attached hydrogens (tertiary/aromatic N) is 1. The normalized spacial score (nSPS) is 24.2. The molecule has 1 fully saturated rings. The van der Waals surface area contributed by atoms with Crippen LogP contribution in [-0.2, 0) is 9.47 Å². The van der Waals surface area contributed by atoms with Crippen LogP contribution < -0.4 is 0 Å². The smallest absolute Gasteiger partial charge is 0.179 e. The van der Waals surface area contributed by atoms with E-state index in [1.165, 1.54) is 0 Å². The molecule has 0 saturated carbocycles. The Hall–Kier alpha value is -1.23. The van der Waals surface area contributed by atoms with Crippen molar-refractivity contribution in [3.63, 3.8) is 0 Å². The van der Waals surface area contributed by atoms with Gasteiger partial charge in [0.05, 0.1) is 18.2 Å². The lowest BCUT2D eigenvalue weighted by molar-refractivity contribution is -0.00461. The lowest BCUT2D eigenvalue weighted by Crippen LogP contribution is -2.38. The molecule has 0 amide bonds. The van der Waals surface area contributed by atoms with E-state index < -0.39 is 0 Å². The summed E-state index contributed by atoms with van der Waals surface area (Å²) in [6.07, 6.45) is 0.0627. The van der Waals surface area contributed by atoms with Gasteiger partial charge in [0.25, 0.3) is 0 Å². The van der Waals surface area contributed by atoms with E-state index in [0.29, 0.717) is 0 Å². The van der Waals surface area contributed by atoms with Crippen LogP contribution in [0.5, 0.6) is 0 Å². The number of ether oxygens (including phenoxy) is 2. The highest BCUT2D eigenvalue weighted by molar-refractivity contribution is 6.01. The zero-order chi connectivity index (χ0) is 15.6. The molecule has 3 unspecified atom stereocenters. The zero-order valence-electron chi connectivity index (χ0n) is 13.6. The van der Waals surface area contributed by atoms with Crippen molar-refractivity contribution < 1.29 is 14.3 Å². The summed E-state index contributed by atoms with van der Waals surface area (Å²) in [5, 5.41) is 0. The predicted molar refractivity (Wildman–Crippen MR) is 82.9 cm³/mol. The van der Waals surface area contributed by atoms with E-state index in [2.05, 4.69) is 4.90 Å². The second kappa shape index (κ2) is 6.69. The van der Waals surface area contributed by atoms with Gasteiger partial charge in [-0.1, -0.05) is 17.7 Å². The second-order valence-corrected chi connectivity index (χ2v) is 5.86. The van der Waals surface area contributed by atoms with E-state index in [4.69, 9.17) is 9.47 Å². The quantitative estimate of drug-likeness (QED) is 0.780. The summed E-state index contributed by atoms with van der Waals surface area (Å²) >= 11 is 0. The van der Waals surface area contributed by atoms with Gasteiger partial charge in [-0.2, -0.15) is 0 Å². The Kier molecular flexibility index (Phi) is 5.14. The molecule has 1 aromatic carbocycles. The number of rotatable bonds is 5. The van der Waals surface area contributed by atoms with E-state index in [9.17, 15) is 4.79 Å². The summed E-state index contributed by atoms with van der Waals surface area (Å²) in [5.41, 5.74) is 2.96. The Morgan fingerprint density at radius 3 is 2.29 bits per heavy atom. The third kappa shape index (κ3) is 3.34. The number of benzene rings is 1. The molecule has 3 atom stereocenters. The highest BCUT2D eigenvalue weighted by Crippen LogP contribution is 2.21. The summed E-state index contributed by atoms with van der Waals surface area (Å²) < 4.78 is 10.9. The molecule has 1 heterocycles. The van der Waals surface area contributed by atoms with Crippen LogP contribution in [0.25, 0.3) is 0 Å². The molecule has 1 aliphatic rings. The molecule has 1 aliphatic heterocycles. The van der Waals surface area contributed by atoms with E-state index in [-0.39, 0.29) is 24.0 Å². The highest BCUT2D eigenvalue weighted by Gasteiger charge is 2.37. The number of likely N-dealkylation sites (tertiary alicyclic amines) is 1. The van der Waals surface area contributed by atoms with Crippen molar-refractivity contribution in [2.24, 2.45) is 0 Å². The standard InChI is InChI=1S/C17H25NO3/c1-11-6-7-12(2)14(8-11)17(19)13(3)18-9-15(20-4)16(10-18)21-5/h6-8,13,15-16H,9-10H2,1-5H3. The van der Waals surface area contributed by atoms with Gasteiger partial charge in [-0.3, -0.25) is 9.69 Å². The van der Waals surface area contributed by atoms with E-state index in [1.54, 1.807) is 14.2 Å². The first-order valence-corrected chi connectivity index (χ1v) is 7.39. The maximum Gasteiger partial charge on any atom is 0.179 e. The van der Waals surface area contributed by atoms with E-state index in [0.717, 1.165) is 29.8 Å². The monoisotopic (exact) mass is 291 g/mol. The van der Waals surface area contributed by atoms with Crippen LogP contribution in [0.3, 0.4) is 0 Å². The van der Waals surface area contributed by atoms with Crippen molar-refractivity contribution in [3.05, 3.63) is 34.9 Å². The van der Waals surface area contributed by atoms with Crippen molar-refractivity contribution in [3.8, 4) is 0 Å². The average molecular weight is 291 g/mol. The predicted octanol–water partition coefficient (Wildman–Crippen LogP) is 2.22. The lowest BCUT2D eigenvalue weighted by Gasteiger charge is -2.23.